The molecule has 4 nitrogen and oxygen atoms in total. The number of nitrogens with zero attached hydrogens (tertiary/aromatic N) is 2. The molecule has 98 valence electrons. The van der Waals surface area contributed by atoms with Crippen LogP contribution in [0.2, 0.25) is 0 Å². The van der Waals surface area contributed by atoms with Crippen molar-refractivity contribution >= 4 is 5.91 Å². The average molecular weight is 255 g/mol. The van der Waals surface area contributed by atoms with Gasteiger partial charge in [0.1, 0.15) is 0 Å². The van der Waals surface area contributed by atoms with Crippen molar-refractivity contribution in [3.63, 3.8) is 0 Å². The molecule has 1 amide bonds. The Morgan fingerprint density at radius 3 is 2.53 bits per heavy atom. The highest BCUT2D eigenvalue weighted by Gasteiger charge is 2.03. The molecule has 0 spiro atoms. The number of carbonyl (C=O) groups is 1. The van der Waals surface area contributed by atoms with Crippen molar-refractivity contribution in [2.24, 2.45) is 5.73 Å². The van der Waals surface area contributed by atoms with Gasteiger partial charge in [0.15, 0.2) is 0 Å². The molecule has 0 saturated carbocycles. The maximum Gasteiger partial charge on any atom is 0.217 e. The van der Waals surface area contributed by atoms with Crippen LogP contribution in [0.4, 0.5) is 0 Å². The normalized spacial score (nSPS) is 10.4. The van der Waals surface area contributed by atoms with Gasteiger partial charge in [0.2, 0.25) is 5.91 Å². The van der Waals surface area contributed by atoms with Crippen LogP contribution in [0.5, 0.6) is 0 Å². The second kappa shape index (κ2) is 6.09. The Bertz CT molecular complexity index is 581. The third-order valence-corrected chi connectivity index (χ3v) is 2.89. The first-order valence-electron chi connectivity index (χ1n) is 6.31. The first-order valence-corrected chi connectivity index (χ1v) is 6.31. The molecule has 0 aliphatic rings. The Labute approximate surface area is 112 Å². The van der Waals surface area contributed by atoms with E-state index < -0.39 is 0 Å². The number of primary amides is 1. The minimum atomic E-state index is -0.255. The molecule has 0 bridgehead atoms. The molecule has 2 aromatic heterocycles. The Hall–Kier alpha value is -2.23. The zero-order valence-electron chi connectivity index (χ0n) is 11.0. The second-order valence-corrected chi connectivity index (χ2v) is 4.59. The van der Waals surface area contributed by atoms with E-state index in [0.29, 0.717) is 6.42 Å². The molecule has 0 aliphatic carbocycles. The average Bonchev–Trinajstić information content (AvgIpc) is 2.39. The van der Waals surface area contributed by atoms with Crippen LogP contribution in [-0.2, 0) is 11.2 Å². The lowest BCUT2D eigenvalue weighted by Gasteiger charge is -2.04. The van der Waals surface area contributed by atoms with Crippen LogP contribution in [0.1, 0.15) is 24.0 Å². The predicted octanol–water partition coefficient (Wildman–Crippen LogP) is 2.26. The SMILES string of the molecule is Cc1ccnc(-c2cc(CCCC(N)=O)ccn2)c1. The van der Waals surface area contributed by atoms with E-state index in [1.807, 2.05) is 31.2 Å². The molecule has 0 unspecified atom stereocenters. The molecule has 4 heteroatoms. The van der Waals surface area contributed by atoms with Gasteiger partial charge < -0.3 is 5.73 Å². The molecule has 0 radical (unpaired) electrons. The van der Waals surface area contributed by atoms with Crippen molar-refractivity contribution in [2.45, 2.75) is 26.2 Å². The van der Waals surface area contributed by atoms with E-state index in [9.17, 15) is 4.79 Å². The van der Waals surface area contributed by atoms with Gasteiger partial charge in [-0.3, -0.25) is 14.8 Å². The number of amides is 1. The van der Waals surface area contributed by atoms with E-state index >= 15 is 0 Å². The number of rotatable bonds is 5. The Morgan fingerprint density at radius 2 is 1.84 bits per heavy atom. The number of hydrogen-bond donors (Lipinski definition) is 1. The Kier molecular flexibility index (Phi) is 4.23. The predicted molar refractivity (Wildman–Crippen MR) is 74.3 cm³/mol. The van der Waals surface area contributed by atoms with Crippen LogP contribution in [0.15, 0.2) is 36.7 Å². The van der Waals surface area contributed by atoms with Gasteiger partial charge in [0.25, 0.3) is 0 Å². The minimum absolute atomic E-state index is 0.255. The topological polar surface area (TPSA) is 68.9 Å². The first-order chi connectivity index (χ1) is 9.15. The van der Waals surface area contributed by atoms with Crippen LogP contribution < -0.4 is 5.73 Å². The van der Waals surface area contributed by atoms with Gasteiger partial charge in [0.05, 0.1) is 11.4 Å². The zero-order valence-corrected chi connectivity index (χ0v) is 11.0. The molecule has 0 saturated heterocycles. The summed E-state index contributed by atoms with van der Waals surface area (Å²) in [6.45, 7) is 2.03. The highest BCUT2D eigenvalue weighted by molar-refractivity contribution is 5.73. The smallest absolute Gasteiger partial charge is 0.217 e. The molecule has 19 heavy (non-hydrogen) atoms. The molecule has 2 N–H and O–H groups in total. The molecule has 0 fully saturated rings. The van der Waals surface area contributed by atoms with Gasteiger partial charge in [-0.05, 0) is 55.2 Å². The summed E-state index contributed by atoms with van der Waals surface area (Å²) in [6, 6.07) is 7.94. The van der Waals surface area contributed by atoms with Crippen molar-refractivity contribution in [1.29, 1.82) is 0 Å². The van der Waals surface area contributed by atoms with Crippen molar-refractivity contribution in [2.75, 3.05) is 0 Å². The lowest BCUT2D eigenvalue weighted by atomic mass is 10.1. The fraction of sp³-hybridized carbons (Fsp3) is 0.267. The van der Waals surface area contributed by atoms with Crippen LogP contribution >= 0.6 is 0 Å². The summed E-state index contributed by atoms with van der Waals surface area (Å²) in [5.41, 5.74) is 9.17. The van der Waals surface area contributed by atoms with E-state index in [2.05, 4.69) is 9.97 Å². The number of aromatic nitrogens is 2. The van der Waals surface area contributed by atoms with Crippen LogP contribution in [0.25, 0.3) is 11.4 Å². The number of nitrogens with two attached hydrogens (primary N) is 1. The summed E-state index contributed by atoms with van der Waals surface area (Å²) in [7, 11) is 0. The van der Waals surface area contributed by atoms with Crippen LogP contribution in [0.3, 0.4) is 0 Å². The molecular formula is C15H17N3O. The van der Waals surface area contributed by atoms with Gasteiger partial charge in [-0.2, -0.15) is 0 Å². The summed E-state index contributed by atoms with van der Waals surface area (Å²) in [6.07, 6.45) is 5.57. The molecular weight excluding hydrogens is 238 g/mol. The van der Waals surface area contributed by atoms with Gasteiger partial charge in [-0.25, -0.2) is 0 Å². The highest BCUT2D eigenvalue weighted by atomic mass is 16.1. The zero-order chi connectivity index (χ0) is 13.7. The second-order valence-electron chi connectivity index (χ2n) is 4.59. The van der Waals surface area contributed by atoms with Gasteiger partial charge in [0, 0.05) is 18.8 Å². The van der Waals surface area contributed by atoms with Crippen molar-refractivity contribution in [1.82, 2.24) is 9.97 Å². The summed E-state index contributed by atoms with van der Waals surface area (Å²) in [4.78, 5) is 19.4. The number of carbonyl (C=O) groups excluding carboxylic acids is 1. The van der Waals surface area contributed by atoms with Crippen molar-refractivity contribution < 1.29 is 4.79 Å². The molecule has 2 rings (SSSR count). The first kappa shape index (κ1) is 13.2. The fourth-order valence-corrected chi connectivity index (χ4v) is 1.91. The van der Waals surface area contributed by atoms with E-state index in [4.69, 9.17) is 5.73 Å². The molecule has 2 heterocycles. The monoisotopic (exact) mass is 255 g/mol. The minimum Gasteiger partial charge on any atom is -0.370 e. The van der Waals surface area contributed by atoms with Crippen molar-refractivity contribution in [3.05, 3.63) is 47.8 Å². The Balaban J connectivity index is 2.13. The van der Waals surface area contributed by atoms with E-state index in [-0.39, 0.29) is 5.91 Å². The summed E-state index contributed by atoms with van der Waals surface area (Å²) >= 11 is 0. The van der Waals surface area contributed by atoms with E-state index in [1.54, 1.807) is 12.4 Å². The number of pyridine rings is 2. The lowest BCUT2D eigenvalue weighted by molar-refractivity contribution is -0.118. The standard InChI is InChI=1S/C15H17N3O/c1-11-5-7-17-13(9-11)14-10-12(6-8-18-14)3-2-4-15(16)19/h5-10H,2-4H2,1H3,(H2,16,19). The molecule has 0 atom stereocenters. The summed E-state index contributed by atoms with van der Waals surface area (Å²) < 4.78 is 0. The van der Waals surface area contributed by atoms with Crippen molar-refractivity contribution in [3.8, 4) is 11.4 Å². The summed E-state index contributed by atoms with van der Waals surface area (Å²) in [5, 5.41) is 0. The van der Waals surface area contributed by atoms with Crippen LogP contribution in [0, 0.1) is 6.92 Å². The van der Waals surface area contributed by atoms with Gasteiger partial charge in [-0.15, -0.1) is 0 Å². The van der Waals surface area contributed by atoms with E-state index in [1.165, 1.54) is 0 Å². The fourth-order valence-electron chi connectivity index (χ4n) is 1.91. The highest BCUT2D eigenvalue weighted by Crippen LogP contribution is 2.17. The lowest BCUT2D eigenvalue weighted by Crippen LogP contribution is -2.10. The number of hydrogen-bond acceptors (Lipinski definition) is 3. The third-order valence-electron chi connectivity index (χ3n) is 2.89. The number of aryl methyl sites for hydroxylation is 2. The quantitative estimate of drug-likeness (QED) is 0.891. The maximum absolute atomic E-state index is 10.7. The van der Waals surface area contributed by atoms with Gasteiger partial charge in [-0.1, -0.05) is 0 Å². The molecule has 2 aromatic rings. The Morgan fingerprint density at radius 1 is 1.16 bits per heavy atom. The summed E-state index contributed by atoms with van der Waals surface area (Å²) in [5.74, 6) is -0.255. The van der Waals surface area contributed by atoms with Gasteiger partial charge >= 0.3 is 0 Å². The third kappa shape index (κ3) is 3.88. The van der Waals surface area contributed by atoms with Crippen LogP contribution in [-0.4, -0.2) is 15.9 Å². The molecule has 0 aliphatic heterocycles. The maximum atomic E-state index is 10.7. The molecule has 0 aromatic carbocycles. The largest absolute Gasteiger partial charge is 0.370 e. The van der Waals surface area contributed by atoms with E-state index in [0.717, 1.165) is 35.4 Å².